The highest BCUT2D eigenvalue weighted by atomic mass is 16.5. The number of likely N-dealkylation sites (tertiary alicyclic amines) is 1. The second-order valence-electron chi connectivity index (χ2n) is 8.21. The number of carbonyl (C=O) groups excluding carboxylic acids is 2. The van der Waals surface area contributed by atoms with Crippen molar-refractivity contribution < 1.29 is 23.8 Å². The van der Waals surface area contributed by atoms with Crippen molar-refractivity contribution in [1.82, 2.24) is 14.3 Å². The van der Waals surface area contributed by atoms with E-state index in [0.717, 1.165) is 5.56 Å². The number of pyridine rings is 1. The van der Waals surface area contributed by atoms with Crippen LogP contribution in [0.5, 0.6) is 5.75 Å². The number of benzene rings is 1. The van der Waals surface area contributed by atoms with Crippen LogP contribution in [0.2, 0.25) is 0 Å². The lowest BCUT2D eigenvalue weighted by atomic mass is 9.96. The van der Waals surface area contributed by atoms with Gasteiger partial charge in [0.25, 0.3) is 11.7 Å². The molecule has 1 unspecified atom stereocenters. The highest BCUT2D eigenvalue weighted by Crippen LogP contribution is 2.41. The number of methoxy groups -OCH3 is 1. The number of ether oxygens (including phenoxy) is 1. The smallest absolute Gasteiger partial charge is 0.296 e. The molecule has 0 bridgehead atoms. The Bertz CT molecular complexity index is 1430. The third-order valence-electron chi connectivity index (χ3n) is 6.19. The van der Waals surface area contributed by atoms with E-state index in [1.54, 1.807) is 43.5 Å². The summed E-state index contributed by atoms with van der Waals surface area (Å²) in [7, 11) is 1.56. The summed E-state index contributed by atoms with van der Waals surface area (Å²) in [6.45, 7) is 3.81. The summed E-state index contributed by atoms with van der Waals surface area (Å²) in [6.07, 6.45) is 3.36. The Hall–Kier alpha value is -4.33. The molecule has 1 N–H and O–H groups in total. The van der Waals surface area contributed by atoms with E-state index in [4.69, 9.17) is 9.15 Å². The number of amides is 1. The molecular formula is C26H23N3O5. The predicted octanol–water partition coefficient (Wildman–Crippen LogP) is 4.17. The normalized spacial score (nSPS) is 17.6. The Morgan fingerprint density at radius 3 is 2.53 bits per heavy atom. The van der Waals surface area contributed by atoms with Gasteiger partial charge in [-0.05, 0) is 55.3 Å². The molecule has 1 aromatic carbocycles. The van der Waals surface area contributed by atoms with Crippen LogP contribution < -0.4 is 4.74 Å². The molecular weight excluding hydrogens is 434 g/mol. The maximum atomic E-state index is 13.3. The predicted molar refractivity (Wildman–Crippen MR) is 124 cm³/mol. The molecule has 4 aromatic rings. The number of nitrogens with zero attached hydrogens (tertiary/aromatic N) is 3. The van der Waals surface area contributed by atoms with Crippen LogP contribution in [0.15, 0.2) is 71.0 Å². The number of imidazole rings is 1. The van der Waals surface area contributed by atoms with Gasteiger partial charge in [0.1, 0.15) is 22.9 Å². The minimum atomic E-state index is -0.818. The summed E-state index contributed by atoms with van der Waals surface area (Å²) in [5.41, 5.74) is 3.18. The minimum Gasteiger partial charge on any atom is -0.505 e. The van der Waals surface area contributed by atoms with Gasteiger partial charge < -0.3 is 23.6 Å². The Morgan fingerprint density at radius 2 is 1.88 bits per heavy atom. The zero-order valence-electron chi connectivity index (χ0n) is 19.0. The maximum Gasteiger partial charge on any atom is 0.296 e. The van der Waals surface area contributed by atoms with Crippen molar-refractivity contribution >= 4 is 23.1 Å². The molecule has 0 aliphatic carbocycles. The van der Waals surface area contributed by atoms with Crippen molar-refractivity contribution in [2.45, 2.75) is 26.4 Å². The molecule has 0 radical (unpaired) electrons. The number of Topliss-reactive ketones (excluding diaryl/α,β-unsaturated/α-hetero) is 1. The minimum absolute atomic E-state index is 0.00844. The molecule has 1 aliphatic rings. The number of hydrogen-bond donors (Lipinski definition) is 1. The molecule has 0 saturated carbocycles. The van der Waals surface area contributed by atoms with Gasteiger partial charge in [-0.15, -0.1) is 0 Å². The van der Waals surface area contributed by atoms with E-state index >= 15 is 0 Å². The van der Waals surface area contributed by atoms with E-state index in [0.29, 0.717) is 28.4 Å². The van der Waals surface area contributed by atoms with Crippen LogP contribution in [0.4, 0.5) is 0 Å². The number of aromatic nitrogens is 2. The summed E-state index contributed by atoms with van der Waals surface area (Å²) in [5.74, 6) is -0.616. The van der Waals surface area contributed by atoms with Gasteiger partial charge in [-0.1, -0.05) is 18.2 Å². The number of rotatable bonds is 5. The van der Waals surface area contributed by atoms with Gasteiger partial charge in [-0.2, -0.15) is 0 Å². The fourth-order valence-corrected chi connectivity index (χ4v) is 4.42. The summed E-state index contributed by atoms with van der Waals surface area (Å²) in [5, 5.41) is 11.4. The number of ketones is 1. The summed E-state index contributed by atoms with van der Waals surface area (Å²) >= 11 is 0. The van der Waals surface area contributed by atoms with E-state index < -0.39 is 17.7 Å². The second kappa shape index (κ2) is 8.22. The maximum absolute atomic E-state index is 13.3. The number of furan rings is 1. The van der Waals surface area contributed by atoms with Crippen molar-refractivity contribution in [3.05, 3.63) is 94.8 Å². The zero-order valence-corrected chi connectivity index (χ0v) is 19.0. The van der Waals surface area contributed by atoms with Crippen molar-refractivity contribution in [2.75, 3.05) is 7.11 Å². The summed E-state index contributed by atoms with van der Waals surface area (Å²) in [6, 6.07) is 13.5. The molecule has 3 aromatic heterocycles. The zero-order chi connectivity index (χ0) is 24.0. The largest absolute Gasteiger partial charge is 0.505 e. The molecule has 1 atom stereocenters. The van der Waals surface area contributed by atoms with Crippen LogP contribution >= 0.6 is 0 Å². The lowest BCUT2D eigenvalue weighted by Crippen LogP contribution is -2.29. The molecule has 1 amide bonds. The first-order valence-corrected chi connectivity index (χ1v) is 10.8. The first-order valence-electron chi connectivity index (χ1n) is 10.8. The number of hydrogen-bond acceptors (Lipinski definition) is 6. The van der Waals surface area contributed by atoms with Gasteiger partial charge in [0.05, 0.1) is 37.2 Å². The van der Waals surface area contributed by atoms with Crippen LogP contribution in [-0.2, 0) is 16.1 Å². The van der Waals surface area contributed by atoms with E-state index in [9.17, 15) is 14.7 Å². The molecule has 5 rings (SSSR count). The third-order valence-corrected chi connectivity index (χ3v) is 6.19. The van der Waals surface area contributed by atoms with Gasteiger partial charge in [0.2, 0.25) is 0 Å². The molecule has 1 aliphatic heterocycles. The fourth-order valence-electron chi connectivity index (χ4n) is 4.42. The van der Waals surface area contributed by atoms with Crippen LogP contribution in [-0.4, -0.2) is 38.2 Å². The van der Waals surface area contributed by atoms with Gasteiger partial charge >= 0.3 is 0 Å². The molecule has 4 heterocycles. The van der Waals surface area contributed by atoms with Crippen LogP contribution in [0.25, 0.3) is 11.4 Å². The van der Waals surface area contributed by atoms with Crippen LogP contribution in [0.1, 0.15) is 34.3 Å². The Balaban J connectivity index is 1.70. The first-order chi connectivity index (χ1) is 16.4. The van der Waals surface area contributed by atoms with Crippen molar-refractivity contribution in [1.29, 1.82) is 0 Å². The van der Waals surface area contributed by atoms with E-state index in [-0.39, 0.29) is 23.6 Å². The monoisotopic (exact) mass is 457 g/mol. The van der Waals surface area contributed by atoms with E-state index in [2.05, 4.69) is 4.98 Å². The van der Waals surface area contributed by atoms with Crippen molar-refractivity contribution in [2.24, 2.45) is 0 Å². The standard InChI is InChI=1S/C26H23N3O5/c1-15-6-4-12-28-16(2)21(27-25(15)28)23(30)20-22(17-8-10-18(33-3)11-9-17)29(26(32)24(20)31)14-19-7-5-13-34-19/h4-13,22,30H,14H2,1-3H3. The summed E-state index contributed by atoms with van der Waals surface area (Å²) in [4.78, 5) is 32.4. The Morgan fingerprint density at radius 1 is 1.12 bits per heavy atom. The fraction of sp³-hybridized carbons (Fsp3) is 0.192. The number of aliphatic hydroxyl groups is 1. The number of aliphatic hydroxyl groups excluding tert-OH is 1. The SMILES string of the molecule is COc1ccc(C2C(=C(O)c3nc4c(C)cccn4c3C)C(=O)C(=O)N2Cc2ccco2)cc1. The average molecular weight is 457 g/mol. The molecule has 1 fully saturated rings. The van der Waals surface area contributed by atoms with Crippen LogP contribution in [0.3, 0.4) is 0 Å². The Labute approximate surface area is 195 Å². The van der Waals surface area contributed by atoms with Gasteiger partial charge in [0, 0.05) is 6.20 Å². The van der Waals surface area contributed by atoms with Crippen LogP contribution in [0, 0.1) is 13.8 Å². The van der Waals surface area contributed by atoms with Crippen molar-refractivity contribution in [3.63, 3.8) is 0 Å². The lowest BCUT2D eigenvalue weighted by molar-refractivity contribution is -0.140. The van der Waals surface area contributed by atoms with E-state index in [1.807, 2.05) is 36.6 Å². The van der Waals surface area contributed by atoms with Gasteiger partial charge in [0.15, 0.2) is 5.76 Å². The number of aryl methyl sites for hydroxylation is 2. The molecule has 0 spiro atoms. The summed E-state index contributed by atoms with van der Waals surface area (Å²) < 4.78 is 12.5. The first kappa shape index (κ1) is 21.5. The second-order valence-corrected chi connectivity index (χ2v) is 8.21. The van der Waals surface area contributed by atoms with Gasteiger partial charge in [-0.3, -0.25) is 9.59 Å². The highest BCUT2D eigenvalue weighted by molar-refractivity contribution is 6.46. The topological polar surface area (TPSA) is 97.3 Å². The highest BCUT2D eigenvalue weighted by Gasteiger charge is 2.46. The number of fused-ring (bicyclic) bond motifs is 1. The molecule has 34 heavy (non-hydrogen) atoms. The lowest BCUT2D eigenvalue weighted by Gasteiger charge is -2.24. The van der Waals surface area contributed by atoms with Crippen molar-refractivity contribution in [3.8, 4) is 5.75 Å². The molecule has 1 saturated heterocycles. The molecule has 8 heteroatoms. The quantitative estimate of drug-likeness (QED) is 0.274. The average Bonchev–Trinajstić information content (AvgIpc) is 3.54. The third kappa shape index (κ3) is 3.35. The number of carbonyl (C=O) groups is 2. The molecule has 172 valence electrons. The van der Waals surface area contributed by atoms with E-state index in [1.165, 1.54) is 11.2 Å². The van der Waals surface area contributed by atoms with Gasteiger partial charge in [-0.25, -0.2) is 4.98 Å². The Kier molecular flexibility index (Phi) is 5.20. The molecule has 8 nitrogen and oxygen atoms in total.